The molecule has 0 atom stereocenters. The van der Waals surface area contributed by atoms with Gasteiger partial charge in [-0.3, -0.25) is 14.5 Å². The summed E-state index contributed by atoms with van der Waals surface area (Å²) in [7, 11) is 0. The normalized spacial score (nSPS) is 14.7. The minimum absolute atomic E-state index is 0.0407. The second kappa shape index (κ2) is 10.8. The van der Waals surface area contributed by atoms with Crippen LogP contribution in [0.2, 0.25) is 5.02 Å². The first-order valence-corrected chi connectivity index (χ1v) is 10.6. The lowest BCUT2D eigenvalue weighted by Gasteiger charge is -2.15. The van der Waals surface area contributed by atoms with Gasteiger partial charge in [0.1, 0.15) is 0 Å². The fourth-order valence-electron chi connectivity index (χ4n) is 2.96. The lowest BCUT2D eigenvalue weighted by molar-refractivity contribution is -0.136. The first kappa shape index (κ1) is 21.0. The Balaban J connectivity index is 2.09. The average Bonchev–Trinajstić information content (AvgIpc) is 2.87. The highest BCUT2D eigenvalue weighted by molar-refractivity contribution is 8.04. The lowest BCUT2D eigenvalue weighted by Crippen LogP contribution is -2.32. The molecule has 4 nitrogen and oxygen atoms in total. The Morgan fingerprint density at radius 2 is 1.65 bits per heavy atom. The molecule has 2 amide bonds. The molecule has 0 bridgehead atoms. The molecule has 6 heteroatoms. The Morgan fingerprint density at radius 1 is 1.00 bits per heavy atom. The van der Waals surface area contributed by atoms with E-state index < -0.39 is 0 Å². The van der Waals surface area contributed by atoms with Gasteiger partial charge in [0.15, 0.2) is 0 Å². The van der Waals surface area contributed by atoms with Crippen LogP contribution in [0.3, 0.4) is 0 Å². The smallest absolute Gasteiger partial charge is 0.267 e. The van der Waals surface area contributed by atoms with E-state index in [9.17, 15) is 9.59 Å². The number of aliphatic hydroxyl groups is 1. The minimum Gasteiger partial charge on any atom is -0.396 e. The van der Waals surface area contributed by atoms with Crippen molar-refractivity contribution in [3.05, 3.63) is 39.8 Å². The second-order valence-electron chi connectivity index (χ2n) is 6.31. The number of halogens is 1. The number of hydrogen-bond acceptors (Lipinski definition) is 4. The van der Waals surface area contributed by atoms with Crippen LogP contribution in [0.25, 0.3) is 5.57 Å². The Labute approximate surface area is 164 Å². The molecule has 0 aromatic heterocycles. The summed E-state index contributed by atoms with van der Waals surface area (Å²) in [6.45, 7) is 2.59. The molecule has 1 aliphatic rings. The summed E-state index contributed by atoms with van der Waals surface area (Å²) in [5, 5.41) is 9.69. The number of hydrogen-bond donors (Lipinski definition) is 1. The van der Waals surface area contributed by atoms with Crippen molar-refractivity contribution in [1.29, 1.82) is 0 Å². The van der Waals surface area contributed by atoms with Crippen molar-refractivity contribution in [2.45, 2.75) is 45.4 Å². The van der Waals surface area contributed by atoms with E-state index in [0.29, 0.717) is 33.4 Å². The van der Waals surface area contributed by atoms with Gasteiger partial charge in [0.25, 0.3) is 11.8 Å². The number of carbonyl (C=O) groups is 2. The Bertz CT molecular complexity index is 658. The molecule has 0 radical (unpaired) electrons. The number of carbonyl (C=O) groups excluding carboxylic acids is 2. The summed E-state index contributed by atoms with van der Waals surface area (Å²) < 4.78 is 0. The largest absolute Gasteiger partial charge is 0.396 e. The van der Waals surface area contributed by atoms with Crippen LogP contribution in [0.5, 0.6) is 0 Å². The average molecular weight is 396 g/mol. The monoisotopic (exact) mass is 395 g/mol. The third-order valence-corrected chi connectivity index (χ3v) is 5.64. The fraction of sp³-hybridized carbons (Fsp3) is 0.500. The van der Waals surface area contributed by atoms with Gasteiger partial charge in [-0.1, -0.05) is 62.8 Å². The van der Waals surface area contributed by atoms with Crippen LogP contribution in [0.15, 0.2) is 29.2 Å². The molecule has 1 heterocycles. The number of imide groups is 1. The molecule has 0 saturated carbocycles. The Kier molecular flexibility index (Phi) is 8.69. The third kappa shape index (κ3) is 5.35. The van der Waals surface area contributed by atoms with E-state index in [-0.39, 0.29) is 18.4 Å². The Morgan fingerprint density at radius 3 is 2.31 bits per heavy atom. The molecule has 142 valence electrons. The molecule has 0 unspecified atom stereocenters. The number of amides is 2. The zero-order chi connectivity index (χ0) is 18.9. The molecule has 2 rings (SSSR count). The topological polar surface area (TPSA) is 57.6 Å². The van der Waals surface area contributed by atoms with Crippen molar-refractivity contribution >= 4 is 40.8 Å². The van der Waals surface area contributed by atoms with Gasteiger partial charge in [-0.05, 0) is 24.1 Å². The number of thioether (sulfide) groups is 1. The molecule has 0 spiro atoms. The predicted molar refractivity (Wildman–Crippen MR) is 108 cm³/mol. The summed E-state index contributed by atoms with van der Waals surface area (Å²) in [5.41, 5.74) is 1.12. The summed E-state index contributed by atoms with van der Waals surface area (Å²) in [4.78, 5) is 27.4. The Hall–Kier alpha value is -1.30. The van der Waals surface area contributed by atoms with Crippen molar-refractivity contribution < 1.29 is 14.7 Å². The van der Waals surface area contributed by atoms with Crippen LogP contribution in [0.4, 0.5) is 0 Å². The standard InChI is InChI=1S/C20H26ClNO3S/c1-2-3-4-5-6-7-12-22-19(24)17(15-8-10-16(21)11-9-15)18(20(22)25)26-14-13-23/h8-11,23H,2-7,12-14H2,1H3. The van der Waals surface area contributed by atoms with E-state index in [1.54, 1.807) is 24.3 Å². The van der Waals surface area contributed by atoms with Gasteiger partial charge in [0, 0.05) is 17.3 Å². The number of benzene rings is 1. The molecule has 26 heavy (non-hydrogen) atoms. The molecular weight excluding hydrogens is 370 g/mol. The van der Waals surface area contributed by atoms with E-state index in [1.807, 2.05) is 0 Å². The summed E-state index contributed by atoms with van der Waals surface area (Å²) in [5.74, 6) is -0.102. The van der Waals surface area contributed by atoms with Crippen LogP contribution in [0.1, 0.15) is 51.0 Å². The molecule has 0 aliphatic carbocycles. The van der Waals surface area contributed by atoms with Crippen LogP contribution in [-0.4, -0.2) is 40.7 Å². The maximum atomic E-state index is 12.9. The predicted octanol–water partition coefficient (Wildman–Crippen LogP) is 4.51. The van der Waals surface area contributed by atoms with Crippen molar-refractivity contribution in [3.63, 3.8) is 0 Å². The first-order chi connectivity index (χ1) is 12.6. The fourth-order valence-corrected chi connectivity index (χ4v) is 3.96. The number of aliphatic hydroxyl groups excluding tert-OH is 1. The zero-order valence-corrected chi connectivity index (χ0v) is 16.7. The summed E-state index contributed by atoms with van der Waals surface area (Å²) >= 11 is 7.18. The highest BCUT2D eigenvalue weighted by Gasteiger charge is 2.38. The van der Waals surface area contributed by atoms with E-state index >= 15 is 0 Å². The van der Waals surface area contributed by atoms with Crippen molar-refractivity contribution in [2.75, 3.05) is 18.9 Å². The SMILES string of the molecule is CCCCCCCCN1C(=O)C(SCCO)=C(c2ccc(Cl)cc2)C1=O. The van der Waals surface area contributed by atoms with Gasteiger partial charge < -0.3 is 5.11 Å². The van der Waals surface area contributed by atoms with E-state index in [1.165, 1.54) is 35.9 Å². The molecule has 1 aliphatic heterocycles. The highest BCUT2D eigenvalue weighted by atomic mass is 35.5. The molecular formula is C20H26ClNO3S. The number of unbranched alkanes of at least 4 members (excludes halogenated alkanes) is 5. The molecule has 1 aromatic rings. The maximum Gasteiger partial charge on any atom is 0.267 e. The van der Waals surface area contributed by atoms with Crippen molar-refractivity contribution in [1.82, 2.24) is 4.90 Å². The van der Waals surface area contributed by atoms with Crippen LogP contribution in [0, 0.1) is 0 Å². The maximum absolute atomic E-state index is 12.9. The zero-order valence-electron chi connectivity index (χ0n) is 15.2. The second-order valence-corrected chi connectivity index (χ2v) is 7.85. The highest BCUT2D eigenvalue weighted by Crippen LogP contribution is 2.36. The number of rotatable bonds is 11. The van der Waals surface area contributed by atoms with Crippen molar-refractivity contribution in [3.8, 4) is 0 Å². The van der Waals surface area contributed by atoms with Gasteiger partial charge in [-0.2, -0.15) is 0 Å². The van der Waals surface area contributed by atoms with Crippen LogP contribution in [-0.2, 0) is 9.59 Å². The third-order valence-electron chi connectivity index (χ3n) is 4.33. The van der Waals surface area contributed by atoms with Gasteiger partial charge in [-0.25, -0.2) is 0 Å². The molecule has 1 aromatic carbocycles. The van der Waals surface area contributed by atoms with Crippen LogP contribution >= 0.6 is 23.4 Å². The molecule has 0 saturated heterocycles. The molecule has 1 N–H and O–H groups in total. The van der Waals surface area contributed by atoms with Gasteiger partial charge >= 0.3 is 0 Å². The quantitative estimate of drug-likeness (QED) is 0.442. The van der Waals surface area contributed by atoms with E-state index in [4.69, 9.17) is 16.7 Å². The van der Waals surface area contributed by atoms with Gasteiger partial charge in [0.05, 0.1) is 17.1 Å². The van der Waals surface area contributed by atoms with E-state index in [2.05, 4.69) is 6.92 Å². The first-order valence-electron chi connectivity index (χ1n) is 9.20. The minimum atomic E-state index is -0.244. The van der Waals surface area contributed by atoms with Gasteiger partial charge in [0.2, 0.25) is 0 Å². The van der Waals surface area contributed by atoms with Crippen LogP contribution < -0.4 is 0 Å². The lowest BCUT2D eigenvalue weighted by atomic mass is 10.1. The van der Waals surface area contributed by atoms with E-state index in [0.717, 1.165) is 19.3 Å². The van der Waals surface area contributed by atoms with Crippen molar-refractivity contribution in [2.24, 2.45) is 0 Å². The van der Waals surface area contributed by atoms with Gasteiger partial charge in [-0.15, -0.1) is 11.8 Å². The summed E-state index contributed by atoms with van der Waals surface area (Å²) in [6, 6.07) is 6.95. The molecule has 0 fully saturated rings. The number of nitrogens with zero attached hydrogens (tertiary/aromatic N) is 1. The summed E-state index contributed by atoms with van der Waals surface area (Å²) in [6.07, 6.45) is 6.60.